The lowest BCUT2D eigenvalue weighted by Gasteiger charge is -2.43. The van der Waals surface area contributed by atoms with Crippen molar-refractivity contribution in [1.82, 2.24) is 10.2 Å². The molecule has 1 aliphatic heterocycles. The predicted molar refractivity (Wildman–Crippen MR) is 77.4 cm³/mol. The summed E-state index contributed by atoms with van der Waals surface area (Å²) in [6, 6.07) is 6.45. The molecule has 2 N–H and O–H groups in total. The van der Waals surface area contributed by atoms with Crippen molar-refractivity contribution in [2.24, 2.45) is 5.92 Å². The smallest absolute Gasteiger partial charge is 0.248 e. The van der Waals surface area contributed by atoms with Gasteiger partial charge in [-0.3, -0.25) is 9.59 Å². The summed E-state index contributed by atoms with van der Waals surface area (Å²) in [7, 11) is 0. The third-order valence-electron chi connectivity index (χ3n) is 4.17. The van der Waals surface area contributed by atoms with Crippen molar-refractivity contribution in [2.75, 3.05) is 0 Å². The Morgan fingerprint density at radius 3 is 2.67 bits per heavy atom. The highest BCUT2D eigenvalue weighted by atomic mass is 16.3. The summed E-state index contributed by atoms with van der Waals surface area (Å²) in [6.07, 6.45) is 1.98. The molecule has 2 amide bonds. The summed E-state index contributed by atoms with van der Waals surface area (Å²) in [5, 5.41) is 12.4. The van der Waals surface area contributed by atoms with E-state index in [2.05, 4.69) is 5.32 Å². The molecule has 1 saturated heterocycles. The van der Waals surface area contributed by atoms with Crippen molar-refractivity contribution in [3.63, 3.8) is 0 Å². The van der Waals surface area contributed by atoms with E-state index in [1.54, 1.807) is 36.9 Å². The number of phenolic OH excluding ortho intramolecular Hbond substituents is 1. The van der Waals surface area contributed by atoms with Crippen LogP contribution < -0.4 is 5.32 Å². The molecule has 21 heavy (non-hydrogen) atoms. The van der Waals surface area contributed by atoms with Crippen LogP contribution in [0.5, 0.6) is 5.75 Å². The van der Waals surface area contributed by atoms with Gasteiger partial charge in [0.05, 0.1) is 0 Å². The molecule has 1 aliphatic carbocycles. The lowest BCUT2D eigenvalue weighted by atomic mass is 9.94. The van der Waals surface area contributed by atoms with Gasteiger partial charge in [0.1, 0.15) is 17.3 Å². The Hall–Kier alpha value is -2.04. The molecule has 2 aliphatic rings. The van der Waals surface area contributed by atoms with Gasteiger partial charge in [0.25, 0.3) is 0 Å². The molecule has 1 unspecified atom stereocenters. The van der Waals surface area contributed by atoms with E-state index in [0.29, 0.717) is 6.54 Å². The van der Waals surface area contributed by atoms with Crippen LogP contribution in [0.3, 0.4) is 0 Å². The van der Waals surface area contributed by atoms with Crippen molar-refractivity contribution < 1.29 is 14.7 Å². The summed E-state index contributed by atoms with van der Waals surface area (Å²) >= 11 is 0. The molecule has 1 atom stereocenters. The standard InChI is InChI=1S/C16H20N2O3/c1-16(2)15(21)18(9-10-4-3-5-12(19)8-10)13(11-6-7-11)14(20)17-16/h3-5,8,11,13,19H,6-7,9H2,1-2H3,(H,17,20). The van der Waals surface area contributed by atoms with Gasteiger partial charge in [-0.05, 0) is 50.3 Å². The van der Waals surface area contributed by atoms with Crippen molar-refractivity contribution >= 4 is 11.8 Å². The van der Waals surface area contributed by atoms with Gasteiger partial charge >= 0.3 is 0 Å². The van der Waals surface area contributed by atoms with Crippen LogP contribution in [0.15, 0.2) is 24.3 Å². The zero-order chi connectivity index (χ0) is 15.2. The number of nitrogens with zero attached hydrogens (tertiary/aromatic N) is 1. The highest BCUT2D eigenvalue weighted by Crippen LogP contribution is 2.38. The first-order valence-electron chi connectivity index (χ1n) is 7.29. The zero-order valence-electron chi connectivity index (χ0n) is 12.3. The summed E-state index contributed by atoms with van der Waals surface area (Å²) in [5.41, 5.74) is -0.0428. The lowest BCUT2D eigenvalue weighted by molar-refractivity contribution is -0.155. The largest absolute Gasteiger partial charge is 0.508 e. The first-order chi connectivity index (χ1) is 9.88. The fraction of sp³-hybridized carbons (Fsp3) is 0.500. The summed E-state index contributed by atoms with van der Waals surface area (Å²) in [6.45, 7) is 3.81. The first-order valence-corrected chi connectivity index (χ1v) is 7.29. The summed E-state index contributed by atoms with van der Waals surface area (Å²) in [4.78, 5) is 26.7. The molecule has 1 aromatic carbocycles. The topological polar surface area (TPSA) is 69.6 Å². The van der Waals surface area contributed by atoms with Gasteiger partial charge in [-0.1, -0.05) is 12.1 Å². The molecule has 0 bridgehead atoms. The van der Waals surface area contributed by atoms with E-state index in [1.807, 2.05) is 6.07 Å². The van der Waals surface area contributed by atoms with E-state index in [0.717, 1.165) is 18.4 Å². The van der Waals surface area contributed by atoms with Gasteiger partial charge < -0.3 is 15.3 Å². The number of aromatic hydroxyl groups is 1. The Morgan fingerprint density at radius 2 is 2.05 bits per heavy atom. The Morgan fingerprint density at radius 1 is 1.33 bits per heavy atom. The van der Waals surface area contributed by atoms with Crippen LogP contribution in [0.25, 0.3) is 0 Å². The summed E-state index contributed by atoms with van der Waals surface area (Å²) < 4.78 is 0. The minimum atomic E-state index is -0.876. The van der Waals surface area contributed by atoms with E-state index >= 15 is 0 Å². The maximum Gasteiger partial charge on any atom is 0.248 e. The van der Waals surface area contributed by atoms with Crippen LogP contribution in [-0.2, 0) is 16.1 Å². The predicted octanol–water partition coefficient (Wildman–Crippen LogP) is 1.41. The maximum absolute atomic E-state index is 12.7. The Bertz CT molecular complexity index is 593. The molecule has 3 rings (SSSR count). The third kappa shape index (κ3) is 2.60. The second-order valence-corrected chi connectivity index (χ2v) is 6.50. The maximum atomic E-state index is 12.7. The fourth-order valence-electron chi connectivity index (χ4n) is 2.96. The SMILES string of the molecule is CC1(C)NC(=O)C(C2CC2)N(Cc2cccc(O)c2)C1=O. The van der Waals surface area contributed by atoms with Crippen molar-refractivity contribution in [2.45, 2.75) is 44.8 Å². The molecule has 0 aromatic heterocycles. The number of hydrogen-bond donors (Lipinski definition) is 2. The van der Waals surface area contributed by atoms with Gasteiger partial charge in [-0.25, -0.2) is 0 Å². The van der Waals surface area contributed by atoms with Crippen molar-refractivity contribution in [1.29, 1.82) is 0 Å². The van der Waals surface area contributed by atoms with Crippen LogP contribution >= 0.6 is 0 Å². The van der Waals surface area contributed by atoms with Crippen LogP contribution in [0.1, 0.15) is 32.3 Å². The molecule has 112 valence electrons. The van der Waals surface area contributed by atoms with Gasteiger partial charge in [-0.15, -0.1) is 0 Å². The number of carbonyl (C=O) groups excluding carboxylic acids is 2. The normalized spacial score (nSPS) is 24.9. The number of nitrogens with one attached hydrogen (secondary N) is 1. The molecule has 5 heteroatoms. The van der Waals surface area contributed by atoms with E-state index in [9.17, 15) is 14.7 Å². The Labute approximate surface area is 123 Å². The third-order valence-corrected chi connectivity index (χ3v) is 4.17. The minimum absolute atomic E-state index is 0.0673. The molecule has 5 nitrogen and oxygen atoms in total. The van der Waals surface area contributed by atoms with Crippen LogP contribution in [0, 0.1) is 5.92 Å². The second-order valence-electron chi connectivity index (χ2n) is 6.50. The molecule has 0 radical (unpaired) electrons. The average Bonchev–Trinajstić information content (AvgIpc) is 3.19. The van der Waals surface area contributed by atoms with Crippen LogP contribution in [0.4, 0.5) is 0 Å². The highest BCUT2D eigenvalue weighted by molar-refractivity contribution is 5.99. The quantitative estimate of drug-likeness (QED) is 0.883. The molecule has 2 fully saturated rings. The van der Waals surface area contributed by atoms with Gasteiger partial charge in [0.15, 0.2) is 0 Å². The monoisotopic (exact) mass is 288 g/mol. The zero-order valence-corrected chi connectivity index (χ0v) is 12.3. The van der Waals surface area contributed by atoms with Gasteiger partial charge in [0.2, 0.25) is 11.8 Å². The molecular formula is C16H20N2O3. The van der Waals surface area contributed by atoms with Crippen molar-refractivity contribution in [3.05, 3.63) is 29.8 Å². The number of rotatable bonds is 3. The van der Waals surface area contributed by atoms with Crippen LogP contribution in [-0.4, -0.2) is 33.4 Å². The molecular weight excluding hydrogens is 268 g/mol. The summed E-state index contributed by atoms with van der Waals surface area (Å²) in [5.74, 6) is 0.301. The van der Waals surface area contributed by atoms with Crippen molar-refractivity contribution in [3.8, 4) is 5.75 Å². The fourth-order valence-corrected chi connectivity index (χ4v) is 2.96. The van der Waals surface area contributed by atoms with E-state index in [4.69, 9.17) is 0 Å². The van der Waals surface area contributed by atoms with E-state index in [-0.39, 0.29) is 29.5 Å². The van der Waals surface area contributed by atoms with E-state index < -0.39 is 5.54 Å². The van der Waals surface area contributed by atoms with Gasteiger partial charge in [-0.2, -0.15) is 0 Å². The number of carbonyl (C=O) groups is 2. The average molecular weight is 288 g/mol. The molecule has 1 saturated carbocycles. The number of amides is 2. The second kappa shape index (κ2) is 4.76. The Kier molecular flexibility index (Phi) is 3.15. The highest BCUT2D eigenvalue weighted by Gasteiger charge is 2.50. The first kappa shape index (κ1) is 13.9. The number of benzene rings is 1. The molecule has 1 heterocycles. The Balaban J connectivity index is 1.90. The number of phenols is 1. The minimum Gasteiger partial charge on any atom is -0.508 e. The lowest BCUT2D eigenvalue weighted by Crippen LogP contribution is -2.68. The number of piperazine rings is 1. The number of hydrogen-bond acceptors (Lipinski definition) is 3. The van der Waals surface area contributed by atoms with Gasteiger partial charge in [0, 0.05) is 6.54 Å². The van der Waals surface area contributed by atoms with Crippen LogP contribution in [0.2, 0.25) is 0 Å². The van der Waals surface area contributed by atoms with E-state index in [1.165, 1.54) is 0 Å². The molecule has 0 spiro atoms. The molecule has 1 aromatic rings.